The fourth-order valence-electron chi connectivity index (χ4n) is 5.63. The number of esters is 1. The monoisotopic (exact) mass is 703 g/mol. The summed E-state index contributed by atoms with van der Waals surface area (Å²) >= 11 is 0. The molecule has 4 aromatic carbocycles. The quantitative estimate of drug-likeness (QED) is 0.0935. The van der Waals surface area contributed by atoms with Crippen LogP contribution in [0.4, 0.5) is 18.9 Å². The van der Waals surface area contributed by atoms with Crippen LogP contribution >= 0.6 is 0 Å². The molecule has 0 fully saturated rings. The van der Waals surface area contributed by atoms with Gasteiger partial charge in [0, 0.05) is 25.1 Å². The first-order valence-electron chi connectivity index (χ1n) is 16.6. The summed E-state index contributed by atoms with van der Waals surface area (Å²) in [5, 5.41) is 8.30. The first-order valence-corrected chi connectivity index (χ1v) is 16.6. The zero-order chi connectivity index (χ0) is 37.0. The molecule has 0 spiro atoms. The molecule has 0 unspecified atom stereocenters. The van der Waals surface area contributed by atoms with Crippen LogP contribution in [0, 0.1) is 0 Å². The van der Waals surface area contributed by atoms with Gasteiger partial charge in [0.2, 0.25) is 11.8 Å². The predicted octanol–water partition coefficient (Wildman–Crippen LogP) is 6.71. The number of hydrogen-bond acceptors (Lipinski definition) is 6. The number of halogens is 3. The molecular formula is C39H40F3N3O6. The average Bonchev–Trinajstić information content (AvgIpc) is 3.11. The van der Waals surface area contributed by atoms with Gasteiger partial charge < -0.3 is 25.4 Å². The molecular weight excluding hydrogens is 663 g/mol. The molecule has 0 atom stereocenters. The minimum absolute atomic E-state index is 0.0937. The Kier molecular flexibility index (Phi) is 13.0. The van der Waals surface area contributed by atoms with Crippen molar-refractivity contribution in [2.24, 2.45) is 0 Å². The summed E-state index contributed by atoms with van der Waals surface area (Å²) in [4.78, 5) is 53.2. The van der Waals surface area contributed by atoms with E-state index in [9.17, 15) is 32.3 Å². The van der Waals surface area contributed by atoms with Crippen molar-refractivity contribution in [1.82, 2.24) is 10.6 Å². The molecule has 4 rings (SSSR count). The third kappa shape index (κ3) is 9.33. The van der Waals surface area contributed by atoms with E-state index in [4.69, 9.17) is 9.47 Å². The highest BCUT2D eigenvalue weighted by molar-refractivity contribution is 6.11. The number of benzene rings is 4. The molecule has 0 heterocycles. The number of hydrogen-bond donors (Lipinski definition) is 3. The number of anilines is 1. The van der Waals surface area contributed by atoms with Crippen LogP contribution < -0.4 is 20.7 Å². The van der Waals surface area contributed by atoms with Crippen molar-refractivity contribution in [3.63, 3.8) is 0 Å². The summed E-state index contributed by atoms with van der Waals surface area (Å²) in [6.07, 6.45) is -4.74. The molecule has 0 radical (unpaired) electrons. The molecule has 3 N–H and O–H groups in total. The Hall–Kier alpha value is -5.65. The molecule has 4 aromatic rings. The lowest BCUT2D eigenvalue weighted by molar-refractivity contribution is -0.147. The molecule has 0 aromatic heterocycles. The first-order chi connectivity index (χ1) is 24.4. The third-order valence-corrected chi connectivity index (χ3v) is 8.09. The third-order valence-electron chi connectivity index (χ3n) is 8.09. The lowest BCUT2D eigenvalue weighted by atomic mass is 9.75. The molecule has 0 saturated heterocycles. The summed E-state index contributed by atoms with van der Waals surface area (Å²) in [6.45, 7) is 5.90. The average molecular weight is 704 g/mol. The van der Waals surface area contributed by atoms with Gasteiger partial charge in [0.05, 0.1) is 30.9 Å². The van der Waals surface area contributed by atoms with E-state index in [0.29, 0.717) is 46.8 Å². The Bertz CT molecular complexity index is 1810. The van der Waals surface area contributed by atoms with Gasteiger partial charge in [0.15, 0.2) is 5.41 Å². The van der Waals surface area contributed by atoms with Crippen molar-refractivity contribution < 1.29 is 41.8 Å². The van der Waals surface area contributed by atoms with E-state index in [-0.39, 0.29) is 31.6 Å². The Morgan fingerprint density at radius 1 is 0.725 bits per heavy atom. The Balaban J connectivity index is 1.48. The number of amides is 3. The van der Waals surface area contributed by atoms with Crippen molar-refractivity contribution in [3.8, 4) is 16.9 Å². The zero-order valence-corrected chi connectivity index (χ0v) is 28.6. The number of carbonyl (C=O) groups excluding carboxylic acids is 4. The first kappa shape index (κ1) is 38.2. The number of likely N-dealkylation sites (N-methyl/N-ethyl adjacent to an activating group) is 2. The fourth-order valence-corrected chi connectivity index (χ4v) is 5.63. The number of alkyl halides is 3. The molecule has 12 heteroatoms. The lowest BCUT2D eigenvalue weighted by Crippen LogP contribution is -2.55. The Morgan fingerprint density at radius 2 is 1.35 bits per heavy atom. The van der Waals surface area contributed by atoms with Crippen LogP contribution in [0.15, 0.2) is 97.1 Å². The highest BCUT2D eigenvalue weighted by atomic mass is 19.4. The molecule has 51 heavy (non-hydrogen) atoms. The maximum Gasteiger partial charge on any atom is 0.416 e. The molecule has 0 aliphatic carbocycles. The van der Waals surface area contributed by atoms with Gasteiger partial charge in [0.25, 0.3) is 5.91 Å². The van der Waals surface area contributed by atoms with Crippen LogP contribution in [0.25, 0.3) is 11.1 Å². The molecule has 0 aliphatic rings. The Labute approximate surface area is 294 Å². The normalized spacial score (nSPS) is 11.3. The van der Waals surface area contributed by atoms with Crippen LogP contribution in [0.1, 0.15) is 54.2 Å². The van der Waals surface area contributed by atoms with Gasteiger partial charge in [-0.1, -0.05) is 66.7 Å². The van der Waals surface area contributed by atoms with E-state index in [1.54, 1.807) is 93.6 Å². The topological polar surface area (TPSA) is 123 Å². The van der Waals surface area contributed by atoms with Crippen molar-refractivity contribution >= 4 is 29.4 Å². The van der Waals surface area contributed by atoms with Crippen LogP contribution in [-0.2, 0) is 37.1 Å². The van der Waals surface area contributed by atoms with Gasteiger partial charge in [-0.2, -0.15) is 13.2 Å². The van der Waals surface area contributed by atoms with E-state index in [1.165, 1.54) is 12.1 Å². The van der Waals surface area contributed by atoms with Gasteiger partial charge in [-0.3, -0.25) is 19.2 Å². The van der Waals surface area contributed by atoms with Gasteiger partial charge in [-0.25, -0.2) is 0 Å². The van der Waals surface area contributed by atoms with Crippen LogP contribution in [-0.4, -0.2) is 50.0 Å². The maximum absolute atomic E-state index is 13.5. The number of carbonyl (C=O) groups is 4. The summed E-state index contributed by atoms with van der Waals surface area (Å²) in [5.74, 6) is -1.83. The summed E-state index contributed by atoms with van der Waals surface area (Å²) in [6, 6.07) is 24.5. The van der Waals surface area contributed by atoms with Crippen molar-refractivity contribution in [2.75, 3.05) is 31.6 Å². The maximum atomic E-state index is 13.5. The minimum Gasteiger partial charge on any atom is -0.492 e. The van der Waals surface area contributed by atoms with Crippen molar-refractivity contribution in [3.05, 3.63) is 119 Å². The second-order valence-electron chi connectivity index (χ2n) is 11.5. The molecule has 3 amide bonds. The summed E-state index contributed by atoms with van der Waals surface area (Å²) in [5.41, 5.74) is 0.00445. The second kappa shape index (κ2) is 17.3. The summed E-state index contributed by atoms with van der Waals surface area (Å²) < 4.78 is 50.6. The van der Waals surface area contributed by atoms with Gasteiger partial charge in [0.1, 0.15) is 5.75 Å². The minimum atomic E-state index is -4.49. The highest BCUT2D eigenvalue weighted by Crippen LogP contribution is 2.33. The van der Waals surface area contributed by atoms with E-state index in [0.717, 1.165) is 12.1 Å². The highest BCUT2D eigenvalue weighted by Gasteiger charge is 2.47. The SMILES string of the molecule is CCNC(=O)C(CCOC(=O)Cc1ccc(NC(=O)c2ccccc2-c2ccc(C(F)(F)F)cc2)c(OCC)c1)(C(=O)NCC)c1ccccc1. The second-order valence-corrected chi connectivity index (χ2v) is 11.5. The molecule has 268 valence electrons. The summed E-state index contributed by atoms with van der Waals surface area (Å²) in [7, 11) is 0. The van der Waals surface area contributed by atoms with Crippen LogP contribution in [0.2, 0.25) is 0 Å². The number of ether oxygens (including phenoxy) is 2. The number of rotatable bonds is 15. The van der Waals surface area contributed by atoms with Gasteiger partial charge in [-0.15, -0.1) is 0 Å². The molecule has 0 bridgehead atoms. The van der Waals surface area contributed by atoms with Crippen molar-refractivity contribution in [1.29, 1.82) is 0 Å². The fraction of sp³-hybridized carbons (Fsp3) is 0.282. The lowest BCUT2D eigenvalue weighted by Gasteiger charge is -2.31. The van der Waals surface area contributed by atoms with E-state index in [2.05, 4.69) is 16.0 Å². The van der Waals surface area contributed by atoms with Gasteiger partial charge >= 0.3 is 12.1 Å². The number of nitrogens with one attached hydrogen (secondary N) is 3. The smallest absolute Gasteiger partial charge is 0.416 e. The molecule has 0 saturated carbocycles. The predicted molar refractivity (Wildman–Crippen MR) is 187 cm³/mol. The zero-order valence-electron chi connectivity index (χ0n) is 28.6. The van der Waals surface area contributed by atoms with E-state index >= 15 is 0 Å². The Morgan fingerprint density at radius 3 is 1.96 bits per heavy atom. The molecule has 0 aliphatic heterocycles. The van der Waals surface area contributed by atoms with Crippen LogP contribution in [0.3, 0.4) is 0 Å². The van der Waals surface area contributed by atoms with Crippen molar-refractivity contribution in [2.45, 2.75) is 45.2 Å². The van der Waals surface area contributed by atoms with Gasteiger partial charge in [-0.05, 0) is 73.4 Å². The van der Waals surface area contributed by atoms with E-state index in [1.807, 2.05) is 0 Å². The van der Waals surface area contributed by atoms with E-state index < -0.39 is 40.8 Å². The van der Waals surface area contributed by atoms with Crippen LogP contribution in [0.5, 0.6) is 5.75 Å². The standard InChI is InChI=1S/C39H40F3N3O6/c1-4-43-36(48)38(37(49)44-5-2,28-12-8-7-9-13-28)22-23-51-34(46)25-26-16-21-32(33(24-26)50-6-3)45-35(47)31-15-11-10-14-30(31)27-17-19-29(20-18-27)39(40,41)42/h7-21,24H,4-6,22-23,25H2,1-3H3,(H,43,48)(H,44,49)(H,45,47). The molecule has 9 nitrogen and oxygen atoms in total. The largest absolute Gasteiger partial charge is 0.492 e.